The highest BCUT2D eigenvalue weighted by Gasteiger charge is 2.22. The molecule has 3 rings (SSSR count). The van der Waals surface area contributed by atoms with E-state index in [0.717, 1.165) is 23.3 Å². The van der Waals surface area contributed by atoms with E-state index in [0.29, 0.717) is 12.0 Å². The van der Waals surface area contributed by atoms with Gasteiger partial charge in [0, 0.05) is 17.6 Å². The molecule has 6 heteroatoms. The average molecular weight is 353 g/mol. The van der Waals surface area contributed by atoms with Crippen LogP contribution in [-0.2, 0) is 6.42 Å². The van der Waals surface area contributed by atoms with Gasteiger partial charge in [-0.1, -0.05) is 0 Å². The highest BCUT2D eigenvalue weighted by atomic mass is 79.9. The van der Waals surface area contributed by atoms with E-state index in [1.165, 1.54) is 23.3 Å². The van der Waals surface area contributed by atoms with Crippen LogP contribution < -0.4 is 10.6 Å². The molecule has 2 aromatic rings. The number of nitrogens with zero attached hydrogens (tertiary/aromatic N) is 2. The first-order valence-electron chi connectivity index (χ1n) is 6.87. The molecule has 1 atom stereocenters. The maximum absolute atomic E-state index is 4.54. The molecule has 2 heterocycles. The Hall–Kier alpha value is -1.14. The summed E-state index contributed by atoms with van der Waals surface area (Å²) in [6.45, 7) is 2.86. The third kappa shape index (κ3) is 2.81. The van der Waals surface area contributed by atoms with Gasteiger partial charge in [-0.05, 0) is 59.1 Å². The molecule has 0 radical (unpaired) electrons. The highest BCUT2D eigenvalue weighted by Crippen LogP contribution is 2.36. The van der Waals surface area contributed by atoms with E-state index < -0.39 is 0 Å². The first kappa shape index (κ1) is 13.8. The Morgan fingerprint density at radius 2 is 2.40 bits per heavy atom. The summed E-state index contributed by atoms with van der Waals surface area (Å²) in [5.41, 5.74) is 1.43. The Bertz CT molecular complexity index is 599. The van der Waals surface area contributed by atoms with Crippen molar-refractivity contribution in [2.45, 2.75) is 32.2 Å². The van der Waals surface area contributed by atoms with Crippen molar-refractivity contribution in [1.82, 2.24) is 9.97 Å². The van der Waals surface area contributed by atoms with Crippen LogP contribution in [0.15, 0.2) is 22.1 Å². The third-order valence-corrected chi connectivity index (χ3v) is 5.02. The van der Waals surface area contributed by atoms with Crippen LogP contribution in [0.3, 0.4) is 0 Å². The standard InChI is InChI=1S/C14H17BrN4S/c1-2-16-14-17-8-10(15)13(19-14)18-11-4-3-5-12-9(11)6-7-20-12/h6-8,11H,2-5H2,1H3,(H2,16,17,18,19). The zero-order chi connectivity index (χ0) is 13.9. The van der Waals surface area contributed by atoms with Crippen LogP contribution in [-0.4, -0.2) is 16.5 Å². The summed E-state index contributed by atoms with van der Waals surface area (Å²) in [6, 6.07) is 2.59. The zero-order valence-corrected chi connectivity index (χ0v) is 13.7. The summed E-state index contributed by atoms with van der Waals surface area (Å²) in [5.74, 6) is 1.53. The molecule has 0 saturated carbocycles. The second-order valence-corrected chi connectivity index (χ2v) is 6.66. The van der Waals surface area contributed by atoms with Gasteiger partial charge in [0.15, 0.2) is 0 Å². The van der Waals surface area contributed by atoms with Crippen molar-refractivity contribution in [3.05, 3.63) is 32.6 Å². The van der Waals surface area contributed by atoms with Gasteiger partial charge < -0.3 is 10.6 Å². The fourth-order valence-electron chi connectivity index (χ4n) is 2.51. The Balaban J connectivity index is 1.83. The average Bonchev–Trinajstić information content (AvgIpc) is 2.92. The molecule has 0 spiro atoms. The largest absolute Gasteiger partial charge is 0.362 e. The Morgan fingerprint density at radius 1 is 1.50 bits per heavy atom. The first-order chi connectivity index (χ1) is 9.78. The SMILES string of the molecule is CCNc1ncc(Br)c(NC2CCCc3sccc32)n1. The molecule has 0 amide bonds. The molecule has 0 fully saturated rings. The number of aromatic nitrogens is 2. The zero-order valence-electron chi connectivity index (χ0n) is 11.3. The number of aryl methyl sites for hydroxylation is 1. The van der Waals surface area contributed by atoms with Gasteiger partial charge in [-0.25, -0.2) is 4.98 Å². The Morgan fingerprint density at radius 3 is 3.25 bits per heavy atom. The van der Waals surface area contributed by atoms with Gasteiger partial charge in [0.1, 0.15) is 5.82 Å². The molecule has 0 saturated heterocycles. The molecule has 0 aliphatic heterocycles. The van der Waals surface area contributed by atoms with Gasteiger partial charge in [-0.3, -0.25) is 0 Å². The van der Waals surface area contributed by atoms with Gasteiger partial charge in [0.05, 0.1) is 10.5 Å². The van der Waals surface area contributed by atoms with Crippen LogP contribution in [0.2, 0.25) is 0 Å². The number of anilines is 2. The number of nitrogens with one attached hydrogen (secondary N) is 2. The van der Waals surface area contributed by atoms with E-state index in [9.17, 15) is 0 Å². The summed E-state index contributed by atoms with van der Waals surface area (Å²) in [5, 5.41) is 8.89. The molecule has 20 heavy (non-hydrogen) atoms. The van der Waals surface area contributed by atoms with E-state index in [2.05, 4.69) is 48.0 Å². The summed E-state index contributed by atoms with van der Waals surface area (Å²) in [6.07, 6.45) is 5.38. The van der Waals surface area contributed by atoms with Crippen molar-refractivity contribution >= 4 is 39.0 Å². The second-order valence-electron chi connectivity index (χ2n) is 4.81. The summed E-state index contributed by atoms with van der Waals surface area (Å²) >= 11 is 5.38. The minimum absolute atomic E-state index is 0.352. The quantitative estimate of drug-likeness (QED) is 0.864. The topological polar surface area (TPSA) is 49.8 Å². The van der Waals surface area contributed by atoms with Gasteiger partial charge >= 0.3 is 0 Å². The van der Waals surface area contributed by atoms with Crippen LogP contribution in [0.4, 0.5) is 11.8 Å². The summed E-state index contributed by atoms with van der Waals surface area (Å²) in [7, 11) is 0. The number of thiophene rings is 1. The van der Waals surface area contributed by atoms with Crippen molar-refractivity contribution in [1.29, 1.82) is 0 Å². The predicted molar refractivity (Wildman–Crippen MR) is 87.5 cm³/mol. The molecule has 1 aliphatic rings. The van der Waals surface area contributed by atoms with E-state index in [1.807, 2.05) is 18.3 Å². The minimum atomic E-state index is 0.352. The van der Waals surface area contributed by atoms with Crippen LogP contribution in [0.5, 0.6) is 0 Å². The van der Waals surface area contributed by atoms with E-state index in [-0.39, 0.29) is 0 Å². The minimum Gasteiger partial charge on any atom is -0.362 e. The highest BCUT2D eigenvalue weighted by molar-refractivity contribution is 9.10. The molecule has 0 aromatic carbocycles. The van der Waals surface area contributed by atoms with E-state index >= 15 is 0 Å². The molecular formula is C14H17BrN4S. The summed E-state index contributed by atoms with van der Waals surface area (Å²) < 4.78 is 0.904. The number of hydrogen-bond donors (Lipinski definition) is 2. The fraction of sp³-hybridized carbons (Fsp3) is 0.429. The lowest BCUT2D eigenvalue weighted by atomic mass is 9.94. The molecule has 0 bridgehead atoms. The molecule has 1 aliphatic carbocycles. The normalized spacial score (nSPS) is 17.6. The number of hydrogen-bond acceptors (Lipinski definition) is 5. The smallest absolute Gasteiger partial charge is 0.224 e. The van der Waals surface area contributed by atoms with E-state index in [1.54, 1.807) is 6.20 Å². The first-order valence-corrected chi connectivity index (χ1v) is 8.54. The van der Waals surface area contributed by atoms with Crippen molar-refractivity contribution < 1.29 is 0 Å². The van der Waals surface area contributed by atoms with E-state index in [4.69, 9.17) is 0 Å². The Kier molecular flexibility index (Phi) is 4.21. The monoisotopic (exact) mass is 352 g/mol. The van der Waals surface area contributed by atoms with Gasteiger partial charge in [0.2, 0.25) is 5.95 Å². The van der Waals surface area contributed by atoms with Crippen LogP contribution in [0.1, 0.15) is 36.2 Å². The molecule has 4 nitrogen and oxygen atoms in total. The molecule has 2 aromatic heterocycles. The third-order valence-electron chi connectivity index (χ3n) is 3.44. The van der Waals surface area contributed by atoms with Crippen molar-refractivity contribution in [3.8, 4) is 0 Å². The molecule has 106 valence electrons. The van der Waals surface area contributed by atoms with Crippen molar-refractivity contribution in [2.24, 2.45) is 0 Å². The van der Waals surface area contributed by atoms with Crippen molar-refractivity contribution in [3.63, 3.8) is 0 Å². The Labute approximate surface area is 131 Å². The number of halogens is 1. The predicted octanol–water partition coefficient (Wildman–Crippen LogP) is 4.22. The fourth-order valence-corrected chi connectivity index (χ4v) is 3.81. The van der Waals surface area contributed by atoms with Crippen molar-refractivity contribution in [2.75, 3.05) is 17.2 Å². The molecular weight excluding hydrogens is 336 g/mol. The van der Waals surface area contributed by atoms with Gasteiger partial charge in [0.25, 0.3) is 0 Å². The lowest BCUT2D eigenvalue weighted by molar-refractivity contribution is 0.606. The van der Waals surface area contributed by atoms with Gasteiger partial charge in [-0.2, -0.15) is 4.98 Å². The molecule has 1 unspecified atom stereocenters. The second kappa shape index (κ2) is 6.10. The van der Waals surface area contributed by atoms with Crippen LogP contribution >= 0.6 is 27.3 Å². The number of rotatable bonds is 4. The summed E-state index contributed by atoms with van der Waals surface area (Å²) in [4.78, 5) is 10.3. The maximum atomic E-state index is 4.54. The lowest BCUT2D eigenvalue weighted by Gasteiger charge is -2.24. The van der Waals surface area contributed by atoms with Crippen LogP contribution in [0, 0.1) is 0 Å². The van der Waals surface area contributed by atoms with Crippen LogP contribution in [0.25, 0.3) is 0 Å². The lowest BCUT2D eigenvalue weighted by Crippen LogP contribution is -2.17. The molecule has 2 N–H and O–H groups in total. The maximum Gasteiger partial charge on any atom is 0.224 e. The van der Waals surface area contributed by atoms with Gasteiger partial charge in [-0.15, -0.1) is 11.3 Å². The number of fused-ring (bicyclic) bond motifs is 1.